The minimum atomic E-state index is -0.261. The number of carbonyl (C=O) groups excluding carboxylic acids is 1. The quantitative estimate of drug-likeness (QED) is 0.517. The van der Waals surface area contributed by atoms with Gasteiger partial charge in [0.2, 0.25) is 5.88 Å². The number of hydrogen-bond donors (Lipinski definition) is 1. The molecule has 2 aliphatic rings. The third-order valence-electron chi connectivity index (χ3n) is 7.19. The highest BCUT2D eigenvalue weighted by atomic mass is 19.1. The van der Waals surface area contributed by atoms with Crippen molar-refractivity contribution in [2.75, 3.05) is 25.0 Å². The van der Waals surface area contributed by atoms with Crippen LogP contribution >= 0.6 is 0 Å². The van der Waals surface area contributed by atoms with Crippen molar-refractivity contribution in [2.24, 2.45) is 0 Å². The normalized spacial score (nSPS) is 19.2. The molecular formula is C27H30FN3O4. The van der Waals surface area contributed by atoms with E-state index in [9.17, 15) is 9.18 Å². The molecule has 1 atom stereocenters. The second-order valence-corrected chi connectivity index (χ2v) is 9.52. The van der Waals surface area contributed by atoms with Crippen LogP contribution in [0.5, 0.6) is 5.75 Å². The summed E-state index contributed by atoms with van der Waals surface area (Å²) in [7, 11) is 0. The van der Waals surface area contributed by atoms with Crippen LogP contribution in [0.15, 0.2) is 53.1 Å². The van der Waals surface area contributed by atoms with Gasteiger partial charge in [0.25, 0.3) is 0 Å². The van der Waals surface area contributed by atoms with E-state index in [-0.39, 0.29) is 17.4 Å². The van der Waals surface area contributed by atoms with Crippen molar-refractivity contribution in [3.05, 3.63) is 76.7 Å². The average Bonchev–Trinajstić information content (AvgIpc) is 3.42. The SMILES string of the molecule is Cc1noc(NC(=O)N2CCC3(CC2)C[C@H](c2ccc(OCc4cccc(F)c4)cc2)CO3)c1C. The van der Waals surface area contributed by atoms with E-state index in [2.05, 4.69) is 22.6 Å². The molecule has 3 heterocycles. The predicted octanol–water partition coefficient (Wildman–Crippen LogP) is 5.58. The van der Waals surface area contributed by atoms with Crippen molar-refractivity contribution in [1.29, 1.82) is 0 Å². The number of likely N-dealkylation sites (tertiary alicyclic amines) is 1. The van der Waals surface area contributed by atoms with Crippen LogP contribution in [-0.4, -0.2) is 41.4 Å². The van der Waals surface area contributed by atoms with Gasteiger partial charge in [0, 0.05) is 24.6 Å². The van der Waals surface area contributed by atoms with Crippen LogP contribution in [0.2, 0.25) is 0 Å². The molecule has 1 N–H and O–H groups in total. The number of benzene rings is 2. The number of hydrogen-bond acceptors (Lipinski definition) is 5. The van der Waals surface area contributed by atoms with E-state index in [0.29, 0.717) is 38.1 Å². The fourth-order valence-electron chi connectivity index (χ4n) is 4.86. The van der Waals surface area contributed by atoms with Gasteiger partial charge in [-0.25, -0.2) is 9.18 Å². The molecule has 2 amide bonds. The Bertz CT molecular complexity index is 1190. The third-order valence-corrected chi connectivity index (χ3v) is 7.19. The lowest BCUT2D eigenvalue weighted by atomic mass is 9.83. The smallest absolute Gasteiger partial charge is 0.324 e. The monoisotopic (exact) mass is 479 g/mol. The van der Waals surface area contributed by atoms with E-state index in [0.717, 1.165) is 41.8 Å². The number of amides is 2. The van der Waals surface area contributed by atoms with Gasteiger partial charge in [-0.3, -0.25) is 5.32 Å². The van der Waals surface area contributed by atoms with Crippen molar-refractivity contribution in [1.82, 2.24) is 10.1 Å². The molecule has 3 aromatic rings. The number of ether oxygens (including phenoxy) is 2. The fraction of sp³-hybridized carbons (Fsp3) is 0.407. The summed E-state index contributed by atoms with van der Waals surface area (Å²) < 4.78 is 30.7. The van der Waals surface area contributed by atoms with Gasteiger partial charge in [0.1, 0.15) is 18.2 Å². The summed E-state index contributed by atoms with van der Waals surface area (Å²) in [5.41, 5.74) is 3.45. The highest BCUT2D eigenvalue weighted by Gasteiger charge is 2.43. The predicted molar refractivity (Wildman–Crippen MR) is 129 cm³/mol. The summed E-state index contributed by atoms with van der Waals surface area (Å²) in [5.74, 6) is 1.21. The van der Waals surface area contributed by atoms with Gasteiger partial charge in [-0.15, -0.1) is 0 Å². The average molecular weight is 480 g/mol. The van der Waals surface area contributed by atoms with Crippen molar-refractivity contribution in [2.45, 2.75) is 51.2 Å². The third kappa shape index (κ3) is 5.17. The molecule has 0 radical (unpaired) electrons. The zero-order valence-corrected chi connectivity index (χ0v) is 20.1. The van der Waals surface area contributed by atoms with Gasteiger partial charge in [-0.2, -0.15) is 0 Å². The summed E-state index contributed by atoms with van der Waals surface area (Å²) in [5, 5.41) is 6.72. The molecule has 5 rings (SSSR count). The highest BCUT2D eigenvalue weighted by molar-refractivity contribution is 5.88. The van der Waals surface area contributed by atoms with Crippen LogP contribution in [0.1, 0.15) is 47.6 Å². The standard InChI is InChI=1S/C27H30FN3O4/c1-18-19(2)30-35-25(18)29-26(32)31-12-10-27(11-13-31)15-22(17-34-27)21-6-8-24(9-7-21)33-16-20-4-3-5-23(28)14-20/h3-9,14,22H,10-13,15-17H2,1-2H3,(H,29,32)/t22-/m0/s1. The van der Waals surface area contributed by atoms with E-state index >= 15 is 0 Å². The molecule has 2 saturated heterocycles. The largest absolute Gasteiger partial charge is 0.489 e. The second kappa shape index (κ2) is 9.70. The van der Waals surface area contributed by atoms with Gasteiger partial charge in [-0.1, -0.05) is 29.4 Å². The van der Waals surface area contributed by atoms with Crippen LogP contribution in [0.3, 0.4) is 0 Å². The first-order chi connectivity index (χ1) is 16.9. The van der Waals surface area contributed by atoms with Crippen LogP contribution in [0, 0.1) is 19.7 Å². The Morgan fingerprint density at radius 2 is 1.97 bits per heavy atom. The summed E-state index contributed by atoms with van der Waals surface area (Å²) in [6, 6.07) is 14.3. The van der Waals surface area contributed by atoms with Crippen LogP contribution < -0.4 is 10.1 Å². The van der Waals surface area contributed by atoms with E-state index < -0.39 is 0 Å². The van der Waals surface area contributed by atoms with Gasteiger partial charge in [0.15, 0.2) is 0 Å². The number of nitrogens with one attached hydrogen (secondary N) is 1. The molecule has 0 bridgehead atoms. The first kappa shape index (κ1) is 23.4. The lowest BCUT2D eigenvalue weighted by Gasteiger charge is -2.38. The molecule has 7 nitrogen and oxygen atoms in total. The topological polar surface area (TPSA) is 76.8 Å². The first-order valence-corrected chi connectivity index (χ1v) is 12.0. The number of halogens is 1. The fourth-order valence-corrected chi connectivity index (χ4v) is 4.86. The minimum absolute atomic E-state index is 0.164. The Balaban J connectivity index is 1.12. The number of rotatable bonds is 5. The molecule has 2 aromatic carbocycles. The number of carbonyl (C=O) groups is 1. The summed E-state index contributed by atoms with van der Waals surface area (Å²) >= 11 is 0. The Morgan fingerprint density at radius 1 is 1.20 bits per heavy atom. The maximum atomic E-state index is 13.3. The van der Waals surface area contributed by atoms with E-state index in [1.165, 1.54) is 17.7 Å². The van der Waals surface area contributed by atoms with Crippen LogP contribution in [0.4, 0.5) is 15.1 Å². The number of anilines is 1. The molecule has 184 valence electrons. The zero-order valence-electron chi connectivity index (χ0n) is 20.1. The molecule has 0 saturated carbocycles. The summed E-state index contributed by atoms with van der Waals surface area (Å²) in [6.07, 6.45) is 2.55. The Morgan fingerprint density at radius 3 is 2.66 bits per heavy atom. The maximum Gasteiger partial charge on any atom is 0.324 e. The Labute approximate surface area is 204 Å². The molecule has 0 unspecified atom stereocenters. The van der Waals surface area contributed by atoms with Crippen molar-refractivity contribution in [3.8, 4) is 5.75 Å². The van der Waals surface area contributed by atoms with E-state index in [1.54, 1.807) is 6.07 Å². The lowest BCUT2D eigenvalue weighted by Crippen LogP contribution is -2.47. The summed E-state index contributed by atoms with van der Waals surface area (Å²) in [4.78, 5) is 14.5. The first-order valence-electron chi connectivity index (χ1n) is 12.0. The highest BCUT2D eigenvalue weighted by Crippen LogP contribution is 2.43. The van der Waals surface area contributed by atoms with Crippen molar-refractivity contribution < 1.29 is 23.2 Å². The molecular weight excluding hydrogens is 449 g/mol. The Hall–Kier alpha value is -3.39. The minimum Gasteiger partial charge on any atom is -0.489 e. The zero-order chi connectivity index (χ0) is 24.4. The van der Waals surface area contributed by atoms with Gasteiger partial charge < -0.3 is 18.9 Å². The number of aromatic nitrogens is 1. The lowest BCUT2D eigenvalue weighted by molar-refractivity contribution is -0.0355. The van der Waals surface area contributed by atoms with Crippen LogP contribution in [-0.2, 0) is 11.3 Å². The molecule has 1 spiro atoms. The number of urea groups is 1. The second-order valence-electron chi connectivity index (χ2n) is 9.52. The van der Waals surface area contributed by atoms with E-state index in [1.807, 2.05) is 36.9 Å². The molecule has 1 aromatic heterocycles. The summed E-state index contributed by atoms with van der Waals surface area (Å²) in [6.45, 7) is 6.00. The molecule has 2 aliphatic heterocycles. The number of aryl methyl sites for hydroxylation is 1. The van der Waals surface area contributed by atoms with Gasteiger partial charge in [-0.05, 0) is 68.5 Å². The van der Waals surface area contributed by atoms with Crippen LogP contribution in [0.25, 0.3) is 0 Å². The maximum absolute atomic E-state index is 13.3. The van der Waals surface area contributed by atoms with E-state index in [4.69, 9.17) is 14.0 Å². The van der Waals surface area contributed by atoms with Gasteiger partial charge in [0.05, 0.1) is 17.9 Å². The number of nitrogens with zero attached hydrogens (tertiary/aromatic N) is 2. The molecule has 0 aliphatic carbocycles. The van der Waals surface area contributed by atoms with Crippen molar-refractivity contribution in [3.63, 3.8) is 0 Å². The Kier molecular flexibility index (Phi) is 6.47. The molecule has 35 heavy (non-hydrogen) atoms. The van der Waals surface area contributed by atoms with Gasteiger partial charge >= 0.3 is 6.03 Å². The molecule has 8 heteroatoms. The number of piperidine rings is 1. The van der Waals surface area contributed by atoms with Crippen molar-refractivity contribution >= 4 is 11.9 Å². The molecule has 2 fully saturated rings.